The molecule has 0 saturated heterocycles. The molecule has 2 aromatic rings. The van der Waals surface area contributed by atoms with Crippen LogP contribution in [-0.4, -0.2) is 27.7 Å². The first-order chi connectivity index (χ1) is 12.3. The highest BCUT2D eigenvalue weighted by Crippen LogP contribution is 2.23. The molecular weight excluding hydrogens is 326 g/mol. The first-order valence-corrected chi connectivity index (χ1v) is 8.27. The van der Waals surface area contributed by atoms with Gasteiger partial charge in [-0.2, -0.15) is 10.5 Å². The lowest BCUT2D eigenvalue weighted by Gasteiger charge is -2.36. The normalized spacial score (nSPS) is 11.9. The van der Waals surface area contributed by atoms with Crippen LogP contribution in [0.5, 0.6) is 0 Å². The first kappa shape index (κ1) is 19.0. The molecule has 0 saturated carbocycles. The van der Waals surface area contributed by atoms with Gasteiger partial charge in [-0.25, -0.2) is 4.79 Å². The van der Waals surface area contributed by atoms with Crippen molar-refractivity contribution in [2.45, 2.75) is 38.8 Å². The largest absolute Gasteiger partial charge is 0.465 e. The van der Waals surface area contributed by atoms with Crippen LogP contribution in [0.15, 0.2) is 48.5 Å². The summed E-state index contributed by atoms with van der Waals surface area (Å²) in [4.78, 5) is 12.8. The van der Waals surface area contributed by atoms with Crippen molar-refractivity contribution < 1.29 is 9.90 Å². The summed E-state index contributed by atoms with van der Waals surface area (Å²) in [5.41, 5.74) is 2.84. The van der Waals surface area contributed by atoms with Crippen molar-refractivity contribution in [3.63, 3.8) is 0 Å². The Labute approximate surface area is 153 Å². The molecule has 0 aliphatic rings. The van der Waals surface area contributed by atoms with Crippen LogP contribution in [0.25, 0.3) is 11.1 Å². The van der Waals surface area contributed by atoms with Crippen LogP contribution in [0.4, 0.5) is 4.79 Å². The summed E-state index contributed by atoms with van der Waals surface area (Å²) < 4.78 is 0. The van der Waals surface area contributed by atoms with E-state index in [2.05, 4.69) is 12.1 Å². The van der Waals surface area contributed by atoms with Crippen molar-refractivity contribution in [3.8, 4) is 23.3 Å². The second-order valence-electron chi connectivity index (χ2n) is 7.06. The molecule has 0 heterocycles. The molecule has 1 atom stereocenters. The Balaban J connectivity index is 2.20. The highest BCUT2D eigenvalue weighted by atomic mass is 16.4. The van der Waals surface area contributed by atoms with E-state index in [0.717, 1.165) is 16.7 Å². The summed E-state index contributed by atoms with van der Waals surface area (Å²) in [6, 6.07) is 18.4. The lowest BCUT2D eigenvalue weighted by molar-refractivity contribution is 0.0851. The molecule has 5 heteroatoms. The Hall–Kier alpha value is -3.31. The summed E-state index contributed by atoms with van der Waals surface area (Å²) in [7, 11) is 0. The van der Waals surface area contributed by atoms with Crippen molar-refractivity contribution in [1.29, 1.82) is 10.5 Å². The smallest absolute Gasteiger partial charge is 0.408 e. The van der Waals surface area contributed by atoms with E-state index in [9.17, 15) is 15.2 Å². The number of carboxylic acid groups (broad SMARTS) is 1. The van der Waals surface area contributed by atoms with E-state index in [1.807, 2.05) is 36.4 Å². The third-order valence-electron chi connectivity index (χ3n) is 4.12. The van der Waals surface area contributed by atoms with Gasteiger partial charge >= 0.3 is 6.09 Å². The minimum absolute atomic E-state index is 0.327. The average molecular weight is 347 g/mol. The number of hydrogen-bond donors (Lipinski definition) is 1. The molecule has 0 spiro atoms. The molecule has 0 aromatic heterocycles. The van der Waals surface area contributed by atoms with Gasteiger partial charge in [-0.3, -0.25) is 4.90 Å². The standard InChI is InChI=1S/C21H21N3O2/c1-21(2,3)24(20(25)26)19(14-23)12-15-4-8-17(9-5-15)18-10-6-16(13-22)7-11-18/h4-11,19H,12H2,1-3H3,(H,25,26)/t19-/m0/s1. The number of hydrogen-bond acceptors (Lipinski definition) is 3. The summed E-state index contributed by atoms with van der Waals surface area (Å²) in [6.45, 7) is 5.33. The molecule has 0 radical (unpaired) electrons. The molecule has 1 N–H and O–H groups in total. The molecule has 1 amide bonds. The van der Waals surface area contributed by atoms with Crippen LogP contribution in [0, 0.1) is 22.7 Å². The van der Waals surface area contributed by atoms with Crippen LogP contribution in [0.1, 0.15) is 31.9 Å². The number of benzene rings is 2. The van der Waals surface area contributed by atoms with Crippen molar-refractivity contribution in [2.24, 2.45) is 0 Å². The lowest BCUT2D eigenvalue weighted by atomic mass is 9.97. The summed E-state index contributed by atoms with van der Waals surface area (Å²) in [5.74, 6) is 0. The predicted octanol–water partition coefficient (Wildman–Crippen LogP) is 4.44. The summed E-state index contributed by atoms with van der Waals surface area (Å²) in [5, 5.41) is 27.8. The fourth-order valence-electron chi connectivity index (χ4n) is 2.88. The molecule has 26 heavy (non-hydrogen) atoms. The van der Waals surface area contributed by atoms with Gasteiger partial charge in [-0.05, 0) is 49.6 Å². The van der Waals surface area contributed by atoms with Gasteiger partial charge < -0.3 is 5.11 Å². The molecular formula is C21H21N3O2. The Bertz CT molecular complexity index is 851. The maximum Gasteiger partial charge on any atom is 0.408 e. The van der Waals surface area contributed by atoms with Crippen LogP contribution in [-0.2, 0) is 6.42 Å². The quantitative estimate of drug-likeness (QED) is 0.885. The van der Waals surface area contributed by atoms with E-state index in [4.69, 9.17) is 5.26 Å². The summed E-state index contributed by atoms with van der Waals surface area (Å²) in [6.07, 6.45) is -0.772. The molecule has 0 unspecified atom stereocenters. The maximum absolute atomic E-state index is 11.6. The zero-order chi connectivity index (χ0) is 19.3. The Morgan fingerprint density at radius 2 is 1.54 bits per heavy atom. The Kier molecular flexibility index (Phi) is 5.64. The van der Waals surface area contributed by atoms with Gasteiger partial charge in [-0.15, -0.1) is 0 Å². The summed E-state index contributed by atoms with van der Waals surface area (Å²) >= 11 is 0. The van der Waals surface area contributed by atoms with Gasteiger partial charge in [-0.1, -0.05) is 36.4 Å². The van der Waals surface area contributed by atoms with Gasteiger partial charge in [0.25, 0.3) is 0 Å². The molecule has 0 fully saturated rings. The van der Waals surface area contributed by atoms with E-state index in [0.29, 0.717) is 12.0 Å². The number of rotatable bonds is 4. The van der Waals surface area contributed by atoms with Crippen molar-refractivity contribution in [2.75, 3.05) is 0 Å². The van der Waals surface area contributed by atoms with E-state index in [-0.39, 0.29) is 0 Å². The molecule has 2 aromatic carbocycles. The maximum atomic E-state index is 11.6. The molecule has 0 bridgehead atoms. The third-order valence-corrected chi connectivity index (χ3v) is 4.12. The number of amides is 1. The van der Waals surface area contributed by atoms with Crippen LogP contribution in [0.3, 0.4) is 0 Å². The fourth-order valence-corrected chi connectivity index (χ4v) is 2.88. The molecule has 132 valence electrons. The zero-order valence-electron chi connectivity index (χ0n) is 15.1. The molecule has 0 aliphatic heterocycles. The number of nitrogens with zero attached hydrogens (tertiary/aromatic N) is 3. The minimum atomic E-state index is -1.10. The van der Waals surface area contributed by atoms with Gasteiger partial charge in [0.1, 0.15) is 6.04 Å². The van der Waals surface area contributed by atoms with Crippen LogP contribution >= 0.6 is 0 Å². The van der Waals surface area contributed by atoms with Gasteiger partial charge in [0.15, 0.2) is 0 Å². The Morgan fingerprint density at radius 3 is 1.92 bits per heavy atom. The second kappa shape index (κ2) is 7.72. The van der Waals surface area contributed by atoms with Crippen molar-refractivity contribution in [3.05, 3.63) is 59.7 Å². The third kappa shape index (κ3) is 4.40. The number of nitriles is 2. The highest BCUT2D eigenvalue weighted by Gasteiger charge is 2.33. The van der Waals surface area contributed by atoms with Crippen LogP contribution < -0.4 is 0 Å². The van der Waals surface area contributed by atoms with E-state index < -0.39 is 17.7 Å². The van der Waals surface area contributed by atoms with Crippen molar-refractivity contribution in [1.82, 2.24) is 4.90 Å². The lowest BCUT2D eigenvalue weighted by Crippen LogP contribution is -2.51. The molecule has 2 rings (SSSR count). The average Bonchev–Trinajstić information content (AvgIpc) is 2.60. The fraction of sp³-hybridized carbons (Fsp3) is 0.286. The van der Waals surface area contributed by atoms with Crippen LogP contribution in [0.2, 0.25) is 0 Å². The van der Waals surface area contributed by atoms with E-state index >= 15 is 0 Å². The first-order valence-electron chi connectivity index (χ1n) is 8.27. The van der Waals surface area contributed by atoms with Gasteiger partial charge in [0.05, 0.1) is 17.7 Å². The van der Waals surface area contributed by atoms with Gasteiger partial charge in [0, 0.05) is 12.0 Å². The molecule has 5 nitrogen and oxygen atoms in total. The zero-order valence-corrected chi connectivity index (χ0v) is 15.1. The van der Waals surface area contributed by atoms with E-state index in [1.165, 1.54) is 4.90 Å². The van der Waals surface area contributed by atoms with Gasteiger partial charge in [0.2, 0.25) is 0 Å². The topological polar surface area (TPSA) is 88.1 Å². The monoisotopic (exact) mass is 347 g/mol. The van der Waals surface area contributed by atoms with Crippen molar-refractivity contribution >= 4 is 6.09 Å². The second-order valence-corrected chi connectivity index (χ2v) is 7.06. The van der Waals surface area contributed by atoms with E-state index in [1.54, 1.807) is 32.9 Å². The highest BCUT2D eigenvalue weighted by molar-refractivity contribution is 5.67. The minimum Gasteiger partial charge on any atom is -0.465 e. The molecule has 0 aliphatic carbocycles. The Morgan fingerprint density at radius 1 is 1.04 bits per heavy atom. The predicted molar refractivity (Wildman–Crippen MR) is 99.3 cm³/mol. The SMILES string of the molecule is CC(C)(C)N(C(=O)O)[C@H](C#N)Cc1ccc(-c2ccc(C#N)cc2)cc1. The number of carbonyl (C=O) groups is 1.